The van der Waals surface area contributed by atoms with Gasteiger partial charge in [-0.15, -0.1) is 11.6 Å². The summed E-state index contributed by atoms with van der Waals surface area (Å²) in [4.78, 5) is 24.9. The zero-order valence-electron chi connectivity index (χ0n) is 15.8. The minimum atomic E-state index is -0.414. The van der Waals surface area contributed by atoms with Gasteiger partial charge in [-0.2, -0.15) is 5.10 Å². The molecule has 0 aliphatic heterocycles. The van der Waals surface area contributed by atoms with Gasteiger partial charge in [-0.25, -0.2) is 0 Å². The number of aromatic nitrogens is 2. The standard InChI is InChI=1S/C19H24ClN3O4/c1-14-16(11-20)19(15-7-5-4-6-8-15)21-23(14)10-9-22(12-17(24)26-2)13-18(25)27-3/h4-8H,9-13H2,1-3H3. The summed E-state index contributed by atoms with van der Waals surface area (Å²) in [6, 6.07) is 9.84. The van der Waals surface area contributed by atoms with Crippen molar-refractivity contribution in [3.05, 3.63) is 41.6 Å². The van der Waals surface area contributed by atoms with Crippen LogP contribution in [0.1, 0.15) is 11.3 Å². The summed E-state index contributed by atoms with van der Waals surface area (Å²) in [6.07, 6.45) is 0. The Bertz CT molecular complexity index is 759. The van der Waals surface area contributed by atoms with E-state index in [1.165, 1.54) is 14.2 Å². The lowest BCUT2D eigenvalue weighted by Gasteiger charge is -2.19. The third kappa shape index (κ3) is 5.55. The molecule has 8 heteroatoms. The molecule has 27 heavy (non-hydrogen) atoms. The van der Waals surface area contributed by atoms with Gasteiger partial charge in [0.25, 0.3) is 0 Å². The third-order valence-electron chi connectivity index (χ3n) is 4.30. The van der Waals surface area contributed by atoms with Crippen molar-refractivity contribution < 1.29 is 19.1 Å². The Labute approximate surface area is 163 Å². The van der Waals surface area contributed by atoms with Gasteiger partial charge in [0.2, 0.25) is 0 Å². The van der Waals surface area contributed by atoms with Gasteiger partial charge < -0.3 is 9.47 Å². The lowest BCUT2D eigenvalue weighted by molar-refractivity contribution is -0.145. The highest BCUT2D eigenvalue weighted by molar-refractivity contribution is 6.17. The fourth-order valence-corrected chi connectivity index (χ4v) is 3.05. The van der Waals surface area contributed by atoms with E-state index in [9.17, 15) is 9.59 Å². The van der Waals surface area contributed by atoms with Crippen LogP contribution in [0.25, 0.3) is 11.3 Å². The maximum Gasteiger partial charge on any atom is 0.319 e. The number of carbonyl (C=O) groups excluding carboxylic acids is 2. The van der Waals surface area contributed by atoms with Crippen molar-refractivity contribution in [2.75, 3.05) is 33.9 Å². The molecule has 0 aliphatic carbocycles. The van der Waals surface area contributed by atoms with Gasteiger partial charge in [0.05, 0.1) is 45.4 Å². The number of nitrogens with zero attached hydrogens (tertiary/aromatic N) is 3. The lowest BCUT2D eigenvalue weighted by atomic mass is 10.1. The summed E-state index contributed by atoms with van der Waals surface area (Å²) < 4.78 is 11.2. The number of ether oxygens (including phenoxy) is 2. The molecule has 0 bridgehead atoms. The number of methoxy groups -OCH3 is 2. The van der Waals surface area contributed by atoms with Crippen LogP contribution in [-0.2, 0) is 31.5 Å². The summed E-state index contributed by atoms with van der Waals surface area (Å²) in [5.74, 6) is -0.477. The molecule has 0 aliphatic rings. The SMILES string of the molecule is COC(=O)CN(CCn1nc(-c2ccccc2)c(CCl)c1C)CC(=O)OC. The number of alkyl halides is 1. The van der Waals surface area contributed by atoms with Crippen LogP contribution in [0.5, 0.6) is 0 Å². The Morgan fingerprint density at radius 1 is 1.11 bits per heavy atom. The first kappa shape index (κ1) is 20.9. The van der Waals surface area contributed by atoms with Crippen LogP contribution in [0, 0.1) is 6.92 Å². The molecule has 1 aromatic heterocycles. The van der Waals surface area contributed by atoms with Crippen LogP contribution in [0.15, 0.2) is 30.3 Å². The molecule has 2 rings (SSSR count). The maximum absolute atomic E-state index is 11.6. The summed E-state index contributed by atoms with van der Waals surface area (Å²) in [7, 11) is 2.63. The van der Waals surface area contributed by atoms with Crippen molar-refractivity contribution in [3.63, 3.8) is 0 Å². The second-order valence-corrected chi connectivity index (χ2v) is 6.27. The zero-order valence-corrected chi connectivity index (χ0v) is 16.5. The van der Waals surface area contributed by atoms with Crippen molar-refractivity contribution in [3.8, 4) is 11.3 Å². The second-order valence-electron chi connectivity index (χ2n) is 6.00. The van der Waals surface area contributed by atoms with Crippen LogP contribution in [0.3, 0.4) is 0 Å². The second kappa shape index (κ2) is 10.1. The molecule has 0 atom stereocenters. The molecule has 0 saturated carbocycles. The van der Waals surface area contributed by atoms with E-state index in [0.29, 0.717) is 19.0 Å². The van der Waals surface area contributed by atoms with Crippen molar-refractivity contribution in [2.24, 2.45) is 0 Å². The molecular formula is C19H24ClN3O4. The van der Waals surface area contributed by atoms with Gasteiger partial charge in [-0.1, -0.05) is 30.3 Å². The lowest BCUT2D eigenvalue weighted by Crippen LogP contribution is -2.37. The quantitative estimate of drug-likeness (QED) is 0.480. The summed E-state index contributed by atoms with van der Waals surface area (Å²) >= 11 is 6.15. The van der Waals surface area contributed by atoms with Gasteiger partial charge >= 0.3 is 11.9 Å². The van der Waals surface area contributed by atoms with E-state index in [1.54, 1.807) is 4.90 Å². The Kier molecular flexibility index (Phi) is 7.82. The van der Waals surface area contributed by atoms with Crippen molar-refractivity contribution in [1.82, 2.24) is 14.7 Å². The summed E-state index contributed by atoms with van der Waals surface area (Å²) in [6.45, 7) is 2.89. The van der Waals surface area contributed by atoms with Crippen LogP contribution >= 0.6 is 11.6 Å². The van der Waals surface area contributed by atoms with E-state index >= 15 is 0 Å². The number of esters is 2. The zero-order chi connectivity index (χ0) is 19.8. The molecule has 1 aromatic carbocycles. The molecule has 0 unspecified atom stereocenters. The normalized spacial score (nSPS) is 10.9. The van der Waals surface area contributed by atoms with Gasteiger partial charge in [0.1, 0.15) is 0 Å². The Morgan fingerprint density at radius 2 is 1.70 bits per heavy atom. The van der Waals surface area contributed by atoms with E-state index in [4.69, 9.17) is 26.2 Å². The smallest absolute Gasteiger partial charge is 0.319 e. The highest BCUT2D eigenvalue weighted by Gasteiger charge is 2.18. The number of hydrogen-bond donors (Lipinski definition) is 0. The monoisotopic (exact) mass is 393 g/mol. The molecule has 0 amide bonds. The van der Waals surface area contributed by atoms with Crippen LogP contribution in [-0.4, -0.2) is 60.5 Å². The Morgan fingerprint density at radius 3 is 2.22 bits per heavy atom. The van der Waals surface area contributed by atoms with Gasteiger partial charge in [0, 0.05) is 23.4 Å². The first-order valence-corrected chi connectivity index (χ1v) is 9.07. The topological polar surface area (TPSA) is 73.7 Å². The number of rotatable bonds is 9. The molecule has 0 spiro atoms. The van der Waals surface area contributed by atoms with Gasteiger partial charge in [0.15, 0.2) is 0 Å². The molecule has 146 valence electrons. The fourth-order valence-electron chi connectivity index (χ4n) is 2.73. The first-order chi connectivity index (χ1) is 13.0. The molecular weight excluding hydrogens is 370 g/mol. The Hall–Kier alpha value is -2.38. The van der Waals surface area contributed by atoms with Crippen molar-refractivity contribution >= 4 is 23.5 Å². The summed E-state index contributed by atoms with van der Waals surface area (Å²) in [5.41, 5.74) is 3.77. The first-order valence-electron chi connectivity index (χ1n) is 8.53. The highest BCUT2D eigenvalue weighted by Crippen LogP contribution is 2.26. The predicted molar refractivity (Wildman–Crippen MR) is 102 cm³/mol. The largest absolute Gasteiger partial charge is 0.468 e. The Balaban J connectivity index is 2.18. The molecule has 0 N–H and O–H groups in total. The van der Waals surface area contributed by atoms with E-state index < -0.39 is 11.9 Å². The average molecular weight is 394 g/mol. The van der Waals surface area contributed by atoms with E-state index in [0.717, 1.165) is 22.5 Å². The molecule has 0 saturated heterocycles. The minimum absolute atomic E-state index is 0.000177. The summed E-state index contributed by atoms with van der Waals surface area (Å²) in [5, 5.41) is 4.69. The molecule has 7 nitrogen and oxygen atoms in total. The van der Waals surface area contributed by atoms with Crippen molar-refractivity contribution in [1.29, 1.82) is 0 Å². The predicted octanol–water partition coefficient (Wildman–Crippen LogP) is 2.25. The maximum atomic E-state index is 11.6. The number of hydrogen-bond acceptors (Lipinski definition) is 6. The van der Waals surface area contributed by atoms with Crippen LogP contribution in [0.2, 0.25) is 0 Å². The highest BCUT2D eigenvalue weighted by atomic mass is 35.5. The molecule has 0 radical (unpaired) electrons. The van der Waals surface area contributed by atoms with Crippen molar-refractivity contribution in [2.45, 2.75) is 19.3 Å². The van der Waals surface area contributed by atoms with E-state index in [2.05, 4.69) is 0 Å². The van der Waals surface area contributed by atoms with E-state index in [-0.39, 0.29) is 13.1 Å². The fraction of sp³-hybridized carbons (Fsp3) is 0.421. The molecule has 2 aromatic rings. The van der Waals surface area contributed by atoms with Gasteiger partial charge in [-0.05, 0) is 6.92 Å². The average Bonchev–Trinajstić information content (AvgIpc) is 3.01. The molecule has 0 fully saturated rings. The number of halogens is 1. The molecule has 1 heterocycles. The number of benzene rings is 1. The van der Waals surface area contributed by atoms with E-state index in [1.807, 2.05) is 41.9 Å². The minimum Gasteiger partial charge on any atom is -0.468 e. The third-order valence-corrected chi connectivity index (χ3v) is 4.57. The van der Waals surface area contributed by atoms with Crippen LogP contribution < -0.4 is 0 Å². The van der Waals surface area contributed by atoms with Crippen LogP contribution in [0.4, 0.5) is 0 Å². The van der Waals surface area contributed by atoms with Gasteiger partial charge in [-0.3, -0.25) is 19.2 Å². The number of carbonyl (C=O) groups is 2.